The van der Waals surface area contributed by atoms with Crippen molar-refractivity contribution in [1.82, 2.24) is 15.1 Å². The standard InChI is InChI=1S/C15H20ClN3S/c1-3-17-14(15-12(16)9-18-19(15)2)11-5-4-6-13-10(11)7-8-20-13/h7-9,11,14,17H,3-6H2,1-2H3. The summed E-state index contributed by atoms with van der Waals surface area (Å²) in [6.45, 7) is 3.08. The minimum Gasteiger partial charge on any atom is -0.308 e. The number of nitrogens with one attached hydrogen (secondary N) is 1. The fourth-order valence-corrected chi connectivity index (χ4v) is 4.57. The molecule has 0 aromatic carbocycles. The first-order chi connectivity index (χ1) is 9.72. The van der Waals surface area contributed by atoms with E-state index in [-0.39, 0.29) is 6.04 Å². The highest BCUT2D eigenvalue weighted by Crippen LogP contribution is 2.43. The van der Waals surface area contributed by atoms with Gasteiger partial charge in [0.05, 0.1) is 23.0 Å². The van der Waals surface area contributed by atoms with E-state index in [4.69, 9.17) is 11.6 Å². The van der Waals surface area contributed by atoms with Crippen molar-refractivity contribution in [2.45, 2.75) is 38.1 Å². The molecule has 2 aromatic rings. The van der Waals surface area contributed by atoms with Crippen LogP contribution in [-0.4, -0.2) is 16.3 Å². The molecule has 0 saturated carbocycles. The van der Waals surface area contributed by atoms with Crippen LogP contribution in [-0.2, 0) is 13.5 Å². The monoisotopic (exact) mass is 309 g/mol. The van der Waals surface area contributed by atoms with Crippen LogP contribution in [0.5, 0.6) is 0 Å². The fraction of sp³-hybridized carbons (Fsp3) is 0.533. The van der Waals surface area contributed by atoms with E-state index in [0.717, 1.165) is 17.3 Å². The Morgan fingerprint density at radius 1 is 1.60 bits per heavy atom. The first-order valence-electron chi connectivity index (χ1n) is 7.19. The average molecular weight is 310 g/mol. The number of hydrogen-bond acceptors (Lipinski definition) is 3. The van der Waals surface area contributed by atoms with Gasteiger partial charge in [-0.05, 0) is 42.8 Å². The summed E-state index contributed by atoms with van der Waals surface area (Å²) in [7, 11) is 1.98. The maximum atomic E-state index is 6.38. The third-order valence-corrected chi connectivity index (χ3v) is 5.44. The van der Waals surface area contributed by atoms with Gasteiger partial charge in [0.25, 0.3) is 0 Å². The maximum Gasteiger partial charge on any atom is 0.0834 e. The summed E-state index contributed by atoms with van der Waals surface area (Å²) in [6, 6.07) is 2.53. The third-order valence-electron chi connectivity index (χ3n) is 4.16. The van der Waals surface area contributed by atoms with Gasteiger partial charge < -0.3 is 5.32 Å². The Labute approximate surface area is 129 Å². The zero-order valence-electron chi connectivity index (χ0n) is 11.9. The number of nitrogens with zero attached hydrogens (tertiary/aromatic N) is 2. The van der Waals surface area contributed by atoms with Gasteiger partial charge in [-0.15, -0.1) is 11.3 Å². The minimum atomic E-state index is 0.244. The van der Waals surface area contributed by atoms with E-state index in [1.54, 1.807) is 11.1 Å². The van der Waals surface area contributed by atoms with Crippen molar-refractivity contribution in [2.24, 2.45) is 7.05 Å². The molecule has 3 nitrogen and oxygen atoms in total. The lowest BCUT2D eigenvalue weighted by molar-refractivity contribution is 0.392. The molecule has 0 saturated heterocycles. The molecule has 0 bridgehead atoms. The molecule has 5 heteroatoms. The molecule has 2 aromatic heterocycles. The average Bonchev–Trinajstić information content (AvgIpc) is 3.04. The molecule has 2 atom stereocenters. The van der Waals surface area contributed by atoms with Crippen LogP contribution >= 0.6 is 22.9 Å². The topological polar surface area (TPSA) is 29.9 Å². The lowest BCUT2D eigenvalue weighted by Crippen LogP contribution is -2.30. The largest absolute Gasteiger partial charge is 0.308 e. The smallest absolute Gasteiger partial charge is 0.0834 e. The lowest BCUT2D eigenvalue weighted by Gasteiger charge is -2.31. The van der Waals surface area contributed by atoms with Crippen LogP contribution in [0.2, 0.25) is 5.02 Å². The molecule has 2 heterocycles. The number of hydrogen-bond donors (Lipinski definition) is 1. The summed E-state index contributed by atoms with van der Waals surface area (Å²) in [4.78, 5) is 1.54. The van der Waals surface area contributed by atoms with Crippen molar-refractivity contribution < 1.29 is 0 Å². The summed E-state index contributed by atoms with van der Waals surface area (Å²) in [5, 5.41) is 10.9. The van der Waals surface area contributed by atoms with Gasteiger partial charge in [0.15, 0.2) is 0 Å². The van der Waals surface area contributed by atoms with Crippen LogP contribution < -0.4 is 5.32 Å². The highest BCUT2D eigenvalue weighted by atomic mass is 35.5. The van der Waals surface area contributed by atoms with Gasteiger partial charge in [0, 0.05) is 17.8 Å². The SMILES string of the molecule is CCNC(c1c(Cl)cnn1C)C1CCCc2sccc21. The Bertz CT molecular complexity index is 570. The second-order valence-electron chi connectivity index (χ2n) is 5.33. The van der Waals surface area contributed by atoms with Gasteiger partial charge in [-0.3, -0.25) is 4.68 Å². The molecule has 0 aliphatic heterocycles. The number of rotatable bonds is 4. The molecule has 0 spiro atoms. The zero-order valence-corrected chi connectivity index (χ0v) is 13.5. The third kappa shape index (κ3) is 2.41. The van der Waals surface area contributed by atoms with Crippen molar-refractivity contribution >= 4 is 22.9 Å². The minimum absolute atomic E-state index is 0.244. The number of aromatic nitrogens is 2. The van der Waals surface area contributed by atoms with Crippen LogP contribution in [0.15, 0.2) is 17.6 Å². The van der Waals surface area contributed by atoms with Gasteiger partial charge in [-0.25, -0.2) is 0 Å². The van der Waals surface area contributed by atoms with E-state index in [1.807, 2.05) is 23.1 Å². The number of aryl methyl sites for hydroxylation is 2. The van der Waals surface area contributed by atoms with Crippen molar-refractivity contribution in [3.63, 3.8) is 0 Å². The molecule has 20 heavy (non-hydrogen) atoms. The highest BCUT2D eigenvalue weighted by Gasteiger charge is 2.32. The summed E-state index contributed by atoms with van der Waals surface area (Å²) in [5.74, 6) is 0.498. The number of halogens is 1. The van der Waals surface area contributed by atoms with Crippen LogP contribution in [0.25, 0.3) is 0 Å². The van der Waals surface area contributed by atoms with E-state index >= 15 is 0 Å². The van der Waals surface area contributed by atoms with Crippen LogP contribution in [0.3, 0.4) is 0 Å². The summed E-state index contributed by atoms with van der Waals surface area (Å²) in [6.07, 6.45) is 5.44. The quantitative estimate of drug-likeness (QED) is 0.928. The summed E-state index contributed by atoms with van der Waals surface area (Å²) < 4.78 is 1.91. The molecule has 1 aliphatic carbocycles. The summed E-state index contributed by atoms with van der Waals surface area (Å²) >= 11 is 8.26. The maximum absolute atomic E-state index is 6.38. The molecular weight excluding hydrogens is 290 g/mol. The van der Waals surface area contributed by atoms with Gasteiger partial charge in [0.1, 0.15) is 0 Å². The molecule has 0 radical (unpaired) electrons. The fourth-order valence-electron chi connectivity index (χ4n) is 3.29. The normalized spacial score (nSPS) is 19.9. The Morgan fingerprint density at radius 3 is 3.15 bits per heavy atom. The first kappa shape index (κ1) is 14.1. The highest BCUT2D eigenvalue weighted by molar-refractivity contribution is 7.10. The zero-order chi connectivity index (χ0) is 14.1. The Hall–Kier alpha value is -0.840. The molecule has 1 aliphatic rings. The van der Waals surface area contributed by atoms with Crippen molar-refractivity contribution in [1.29, 1.82) is 0 Å². The van der Waals surface area contributed by atoms with E-state index in [0.29, 0.717) is 5.92 Å². The second kappa shape index (κ2) is 5.88. The summed E-state index contributed by atoms with van der Waals surface area (Å²) in [5.41, 5.74) is 2.61. The number of likely N-dealkylation sites (N-methyl/N-ethyl adjacent to an activating group) is 1. The van der Waals surface area contributed by atoms with Crippen LogP contribution in [0, 0.1) is 0 Å². The van der Waals surface area contributed by atoms with Crippen molar-refractivity contribution in [2.75, 3.05) is 6.54 Å². The molecule has 1 N–H and O–H groups in total. The number of fused-ring (bicyclic) bond motifs is 1. The molecule has 3 rings (SSSR count). The van der Waals surface area contributed by atoms with Crippen molar-refractivity contribution in [3.8, 4) is 0 Å². The second-order valence-corrected chi connectivity index (χ2v) is 6.74. The van der Waals surface area contributed by atoms with Crippen LogP contribution in [0.1, 0.15) is 47.9 Å². The molecule has 0 amide bonds. The molecular formula is C15H20ClN3S. The Balaban J connectivity index is 2.01. The molecule has 2 unspecified atom stereocenters. The van der Waals surface area contributed by atoms with Gasteiger partial charge in [0.2, 0.25) is 0 Å². The Kier molecular flexibility index (Phi) is 4.15. The van der Waals surface area contributed by atoms with E-state index in [1.165, 1.54) is 24.8 Å². The van der Waals surface area contributed by atoms with Gasteiger partial charge in [-0.2, -0.15) is 5.10 Å². The Morgan fingerprint density at radius 2 is 2.45 bits per heavy atom. The predicted molar refractivity (Wildman–Crippen MR) is 84.6 cm³/mol. The lowest BCUT2D eigenvalue weighted by atomic mass is 9.81. The van der Waals surface area contributed by atoms with Gasteiger partial charge in [-0.1, -0.05) is 18.5 Å². The molecule has 0 fully saturated rings. The van der Waals surface area contributed by atoms with E-state index in [2.05, 4.69) is 28.8 Å². The van der Waals surface area contributed by atoms with Crippen LogP contribution in [0.4, 0.5) is 0 Å². The number of thiophene rings is 1. The predicted octanol–water partition coefficient (Wildman–Crippen LogP) is 3.91. The first-order valence-corrected chi connectivity index (χ1v) is 8.45. The van der Waals surface area contributed by atoms with Gasteiger partial charge >= 0.3 is 0 Å². The van der Waals surface area contributed by atoms with E-state index < -0.39 is 0 Å². The van der Waals surface area contributed by atoms with E-state index in [9.17, 15) is 0 Å². The van der Waals surface area contributed by atoms with Crippen molar-refractivity contribution in [3.05, 3.63) is 38.8 Å². The molecule has 108 valence electrons.